The lowest BCUT2D eigenvalue weighted by molar-refractivity contribution is -0.145. The Kier molecular flexibility index (Phi) is 3.33. The third-order valence-electron chi connectivity index (χ3n) is 3.01. The number of terminal acetylenes is 1. The van der Waals surface area contributed by atoms with Crippen molar-refractivity contribution in [1.82, 2.24) is 0 Å². The molecule has 4 heteroatoms. The molecule has 2 rings (SSSR count). The standard InChI is InChI=1S/C14H13NO3/c1-3-10-4-6-12(7-5-10)15-9-11(8-13(15)16)14(17)18-2/h1,4-7,11H,8-9H2,2H3. The summed E-state index contributed by atoms with van der Waals surface area (Å²) >= 11 is 0. The van der Waals surface area contributed by atoms with E-state index < -0.39 is 0 Å². The van der Waals surface area contributed by atoms with Gasteiger partial charge in [-0.1, -0.05) is 5.92 Å². The number of nitrogens with zero attached hydrogens (tertiary/aromatic N) is 1. The molecule has 0 N–H and O–H groups in total. The van der Waals surface area contributed by atoms with Crippen molar-refractivity contribution < 1.29 is 14.3 Å². The number of amides is 1. The lowest BCUT2D eigenvalue weighted by Gasteiger charge is -2.16. The first-order valence-electron chi connectivity index (χ1n) is 5.60. The molecule has 1 unspecified atom stereocenters. The first-order chi connectivity index (χ1) is 8.65. The summed E-state index contributed by atoms with van der Waals surface area (Å²) < 4.78 is 4.66. The van der Waals surface area contributed by atoms with Gasteiger partial charge in [-0.15, -0.1) is 6.42 Å². The number of hydrogen-bond donors (Lipinski definition) is 0. The number of methoxy groups -OCH3 is 1. The average Bonchev–Trinajstić information content (AvgIpc) is 2.80. The number of benzene rings is 1. The molecule has 18 heavy (non-hydrogen) atoms. The second-order valence-corrected chi connectivity index (χ2v) is 4.12. The maximum absolute atomic E-state index is 11.8. The van der Waals surface area contributed by atoms with E-state index in [0.717, 1.165) is 11.3 Å². The monoisotopic (exact) mass is 243 g/mol. The van der Waals surface area contributed by atoms with E-state index in [9.17, 15) is 9.59 Å². The summed E-state index contributed by atoms with van der Waals surface area (Å²) in [6, 6.07) is 7.11. The SMILES string of the molecule is C#Cc1ccc(N2CC(C(=O)OC)CC2=O)cc1. The fraction of sp³-hybridized carbons (Fsp3) is 0.286. The summed E-state index contributed by atoms with van der Waals surface area (Å²) in [5.41, 5.74) is 1.51. The van der Waals surface area contributed by atoms with Crippen LogP contribution in [0.15, 0.2) is 24.3 Å². The largest absolute Gasteiger partial charge is 0.469 e. The molecule has 1 heterocycles. The highest BCUT2D eigenvalue weighted by Gasteiger charge is 2.35. The number of rotatable bonds is 2. The van der Waals surface area contributed by atoms with Crippen LogP contribution in [0.2, 0.25) is 0 Å². The highest BCUT2D eigenvalue weighted by molar-refractivity contribution is 5.99. The van der Waals surface area contributed by atoms with E-state index in [2.05, 4.69) is 10.7 Å². The number of hydrogen-bond acceptors (Lipinski definition) is 3. The minimum absolute atomic E-state index is 0.0705. The molecule has 0 radical (unpaired) electrons. The third kappa shape index (κ3) is 2.21. The number of carbonyl (C=O) groups excluding carboxylic acids is 2. The van der Waals surface area contributed by atoms with Crippen LogP contribution < -0.4 is 4.90 Å². The van der Waals surface area contributed by atoms with Crippen molar-refractivity contribution >= 4 is 17.6 Å². The van der Waals surface area contributed by atoms with Crippen molar-refractivity contribution in [1.29, 1.82) is 0 Å². The Bertz CT molecular complexity index is 513. The molecule has 0 saturated carbocycles. The Morgan fingerprint density at radius 2 is 2.11 bits per heavy atom. The summed E-state index contributed by atoms with van der Waals surface area (Å²) in [6.45, 7) is 0.362. The maximum atomic E-state index is 11.8. The van der Waals surface area contributed by atoms with Crippen LogP contribution in [-0.2, 0) is 14.3 Å². The lowest BCUT2D eigenvalue weighted by atomic mass is 10.1. The summed E-state index contributed by atoms with van der Waals surface area (Å²) in [5.74, 6) is 1.72. The van der Waals surface area contributed by atoms with Gasteiger partial charge in [0.05, 0.1) is 13.0 Å². The zero-order chi connectivity index (χ0) is 13.1. The molecule has 0 bridgehead atoms. The van der Waals surface area contributed by atoms with Crippen molar-refractivity contribution in [3.63, 3.8) is 0 Å². The van der Waals surface area contributed by atoms with Gasteiger partial charge in [-0.3, -0.25) is 9.59 Å². The van der Waals surface area contributed by atoms with Gasteiger partial charge in [0.1, 0.15) is 0 Å². The van der Waals surface area contributed by atoms with E-state index in [-0.39, 0.29) is 24.2 Å². The van der Waals surface area contributed by atoms with Gasteiger partial charge in [-0.05, 0) is 24.3 Å². The van der Waals surface area contributed by atoms with Crippen molar-refractivity contribution in [2.24, 2.45) is 5.92 Å². The van der Waals surface area contributed by atoms with E-state index in [1.54, 1.807) is 29.2 Å². The second kappa shape index (κ2) is 4.92. The van der Waals surface area contributed by atoms with E-state index in [4.69, 9.17) is 6.42 Å². The lowest BCUT2D eigenvalue weighted by Crippen LogP contribution is -2.26. The molecule has 4 nitrogen and oxygen atoms in total. The van der Waals surface area contributed by atoms with Gasteiger partial charge >= 0.3 is 5.97 Å². The topological polar surface area (TPSA) is 46.6 Å². The molecule has 1 fully saturated rings. The van der Waals surface area contributed by atoms with Gasteiger partial charge in [0.25, 0.3) is 0 Å². The van der Waals surface area contributed by atoms with Crippen molar-refractivity contribution in [2.75, 3.05) is 18.6 Å². The second-order valence-electron chi connectivity index (χ2n) is 4.12. The molecule has 1 aliphatic rings. The fourth-order valence-electron chi connectivity index (χ4n) is 2.02. The Labute approximate surface area is 106 Å². The summed E-state index contributed by atoms with van der Waals surface area (Å²) in [4.78, 5) is 24.8. The highest BCUT2D eigenvalue weighted by Crippen LogP contribution is 2.25. The zero-order valence-electron chi connectivity index (χ0n) is 10.1. The molecule has 1 aliphatic heterocycles. The van der Waals surface area contributed by atoms with E-state index in [1.165, 1.54) is 7.11 Å². The molecule has 1 aromatic rings. The van der Waals surface area contributed by atoms with E-state index >= 15 is 0 Å². The van der Waals surface area contributed by atoms with Crippen molar-refractivity contribution in [3.05, 3.63) is 29.8 Å². The first kappa shape index (κ1) is 12.2. The van der Waals surface area contributed by atoms with Gasteiger partial charge in [0.15, 0.2) is 0 Å². The number of anilines is 1. The summed E-state index contributed by atoms with van der Waals surface area (Å²) in [7, 11) is 1.33. The number of esters is 1. The Hall–Kier alpha value is -2.28. The quantitative estimate of drug-likeness (QED) is 0.579. The molecule has 0 aliphatic carbocycles. The molecule has 1 saturated heterocycles. The van der Waals surface area contributed by atoms with Crippen LogP contribution in [-0.4, -0.2) is 25.5 Å². The Morgan fingerprint density at radius 3 is 2.67 bits per heavy atom. The molecule has 1 atom stereocenters. The van der Waals surface area contributed by atoms with Crippen LogP contribution in [0.1, 0.15) is 12.0 Å². The summed E-state index contributed by atoms with van der Waals surface area (Å²) in [5, 5.41) is 0. The van der Waals surface area contributed by atoms with Crippen molar-refractivity contribution in [2.45, 2.75) is 6.42 Å². The third-order valence-corrected chi connectivity index (χ3v) is 3.01. The predicted octanol–water partition coefficient (Wildman–Crippen LogP) is 1.19. The predicted molar refractivity (Wildman–Crippen MR) is 66.9 cm³/mol. The molecule has 92 valence electrons. The van der Waals surface area contributed by atoms with Gasteiger partial charge in [-0.25, -0.2) is 0 Å². The number of ether oxygens (including phenoxy) is 1. The number of carbonyl (C=O) groups is 2. The fourth-order valence-corrected chi connectivity index (χ4v) is 2.02. The Morgan fingerprint density at radius 1 is 1.44 bits per heavy atom. The minimum atomic E-state index is -0.380. The van der Waals surface area contributed by atoms with Crippen LogP contribution in [0.3, 0.4) is 0 Å². The van der Waals surface area contributed by atoms with Crippen LogP contribution in [0.4, 0.5) is 5.69 Å². The van der Waals surface area contributed by atoms with Crippen LogP contribution in [0.5, 0.6) is 0 Å². The van der Waals surface area contributed by atoms with Gasteiger partial charge in [-0.2, -0.15) is 0 Å². The molecule has 0 aromatic heterocycles. The summed E-state index contributed by atoms with van der Waals surface area (Å²) in [6.07, 6.45) is 5.47. The first-order valence-corrected chi connectivity index (χ1v) is 5.60. The maximum Gasteiger partial charge on any atom is 0.311 e. The normalized spacial score (nSPS) is 18.6. The van der Waals surface area contributed by atoms with E-state index in [0.29, 0.717) is 6.54 Å². The molecule has 1 aromatic carbocycles. The van der Waals surface area contributed by atoms with E-state index in [1.807, 2.05) is 0 Å². The highest BCUT2D eigenvalue weighted by atomic mass is 16.5. The van der Waals surface area contributed by atoms with Gasteiger partial charge < -0.3 is 9.64 Å². The smallest absolute Gasteiger partial charge is 0.311 e. The van der Waals surface area contributed by atoms with Gasteiger partial charge in [0.2, 0.25) is 5.91 Å². The van der Waals surface area contributed by atoms with Gasteiger partial charge in [0, 0.05) is 24.2 Å². The Balaban J connectivity index is 2.16. The van der Waals surface area contributed by atoms with Crippen LogP contribution in [0.25, 0.3) is 0 Å². The molecule has 0 spiro atoms. The van der Waals surface area contributed by atoms with Crippen LogP contribution >= 0.6 is 0 Å². The van der Waals surface area contributed by atoms with Crippen molar-refractivity contribution in [3.8, 4) is 12.3 Å². The minimum Gasteiger partial charge on any atom is -0.469 e. The molecule has 1 amide bonds. The molecular weight excluding hydrogens is 230 g/mol. The average molecular weight is 243 g/mol. The zero-order valence-corrected chi connectivity index (χ0v) is 10.1. The van der Waals surface area contributed by atoms with Crippen LogP contribution in [0, 0.1) is 18.3 Å². The molecular formula is C14H13NO3.